The first-order chi connectivity index (χ1) is 6.10. The number of carbonyl (C=O) groups is 2. The zero-order valence-electron chi connectivity index (χ0n) is 7.96. The van der Waals surface area contributed by atoms with E-state index in [0.29, 0.717) is 13.1 Å². The summed E-state index contributed by atoms with van der Waals surface area (Å²) in [5.41, 5.74) is 5.28. The van der Waals surface area contributed by atoms with E-state index in [2.05, 4.69) is 10.6 Å². The summed E-state index contributed by atoms with van der Waals surface area (Å²) in [6, 6.07) is -0.494. The third-order valence-corrected chi connectivity index (χ3v) is 1.40. The monoisotopic (exact) mass is 188 g/mol. The van der Waals surface area contributed by atoms with Crippen LogP contribution in [0.2, 0.25) is 0 Å². The molecule has 13 heavy (non-hydrogen) atoms. The number of amides is 3. The van der Waals surface area contributed by atoms with E-state index in [1.807, 2.05) is 0 Å². The maximum absolute atomic E-state index is 11.0. The predicted molar refractivity (Wildman–Crippen MR) is 49.1 cm³/mol. The van der Waals surface area contributed by atoms with Gasteiger partial charge in [-0.05, 0) is 7.05 Å². The molecule has 0 saturated carbocycles. The molecule has 6 nitrogen and oxygen atoms in total. The first-order valence-corrected chi connectivity index (χ1v) is 4.00. The maximum atomic E-state index is 11.0. The Morgan fingerprint density at radius 3 is 2.54 bits per heavy atom. The molecule has 0 radical (unpaired) electrons. The Balaban J connectivity index is 3.67. The summed E-state index contributed by atoms with van der Waals surface area (Å²) < 4.78 is 0. The largest absolute Gasteiger partial charge is 0.341 e. The second-order valence-electron chi connectivity index (χ2n) is 2.65. The summed E-state index contributed by atoms with van der Waals surface area (Å²) in [7, 11) is 3.21. The summed E-state index contributed by atoms with van der Waals surface area (Å²) >= 11 is 0. The van der Waals surface area contributed by atoms with E-state index in [4.69, 9.17) is 5.73 Å². The van der Waals surface area contributed by atoms with Crippen molar-refractivity contribution in [1.82, 2.24) is 15.5 Å². The molecule has 0 aliphatic rings. The first kappa shape index (κ1) is 11.9. The lowest BCUT2D eigenvalue weighted by Crippen LogP contribution is -2.43. The fraction of sp³-hybridized carbons (Fsp3) is 0.714. The topological polar surface area (TPSA) is 87.5 Å². The number of nitrogens with zero attached hydrogens (tertiary/aromatic N) is 1. The predicted octanol–water partition coefficient (Wildman–Crippen LogP) is -1.67. The first-order valence-electron chi connectivity index (χ1n) is 4.00. The highest BCUT2D eigenvalue weighted by molar-refractivity contribution is 5.95. The van der Waals surface area contributed by atoms with Crippen LogP contribution in [0.25, 0.3) is 0 Å². The molecular weight excluding hydrogens is 172 g/mol. The van der Waals surface area contributed by atoms with E-state index in [-0.39, 0.29) is 12.5 Å². The third kappa shape index (κ3) is 6.06. The van der Waals surface area contributed by atoms with E-state index in [1.165, 1.54) is 7.05 Å². The molecular formula is C7H16N4O2. The molecule has 3 amide bonds. The number of imide groups is 1. The summed E-state index contributed by atoms with van der Waals surface area (Å²) in [5.74, 6) is -0.338. The Morgan fingerprint density at radius 2 is 2.08 bits per heavy atom. The van der Waals surface area contributed by atoms with Crippen molar-refractivity contribution in [3.05, 3.63) is 0 Å². The molecule has 0 saturated heterocycles. The van der Waals surface area contributed by atoms with Gasteiger partial charge in [0.1, 0.15) is 0 Å². The molecule has 0 fully saturated rings. The minimum atomic E-state index is -0.494. The van der Waals surface area contributed by atoms with Crippen LogP contribution >= 0.6 is 0 Å². The maximum Gasteiger partial charge on any atom is 0.321 e. The molecule has 0 aliphatic heterocycles. The molecule has 0 aliphatic carbocycles. The Morgan fingerprint density at radius 1 is 1.46 bits per heavy atom. The van der Waals surface area contributed by atoms with E-state index < -0.39 is 6.03 Å². The van der Waals surface area contributed by atoms with Gasteiger partial charge in [0.15, 0.2) is 0 Å². The number of rotatable bonds is 4. The second-order valence-corrected chi connectivity index (χ2v) is 2.65. The van der Waals surface area contributed by atoms with Gasteiger partial charge in [-0.3, -0.25) is 15.0 Å². The SMILES string of the molecule is CNC(=O)NC(=O)CN(C)CCN. The molecule has 0 unspecified atom stereocenters. The lowest BCUT2D eigenvalue weighted by atomic mass is 10.5. The van der Waals surface area contributed by atoms with Gasteiger partial charge in [-0.2, -0.15) is 0 Å². The molecule has 0 spiro atoms. The highest BCUT2D eigenvalue weighted by atomic mass is 16.2. The Kier molecular flexibility index (Phi) is 5.82. The van der Waals surface area contributed by atoms with E-state index in [9.17, 15) is 9.59 Å². The zero-order valence-corrected chi connectivity index (χ0v) is 7.96. The Bertz CT molecular complexity index is 183. The van der Waals surface area contributed by atoms with E-state index in [0.717, 1.165) is 0 Å². The molecule has 76 valence electrons. The fourth-order valence-electron chi connectivity index (χ4n) is 0.773. The fourth-order valence-corrected chi connectivity index (χ4v) is 0.773. The van der Waals surface area contributed by atoms with Crippen LogP contribution < -0.4 is 16.4 Å². The van der Waals surface area contributed by atoms with Gasteiger partial charge in [0.05, 0.1) is 6.54 Å². The average Bonchev–Trinajstić information content (AvgIpc) is 2.04. The minimum Gasteiger partial charge on any atom is -0.341 e. The number of likely N-dealkylation sites (N-methyl/N-ethyl adjacent to an activating group) is 1. The number of carbonyl (C=O) groups excluding carboxylic acids is 2. The quantitative estimate of drug-likeness (QED) is 0.492. The van der Waals surface area contributed by atoms with Crippen LogP contribution in [0.3, 0.4) is 0 Å². The molecule has 0 heterocycles. The molecule has 0 aromatic carbocycles. The highest BCUT2D eigenvalue weighted by Gasteiger charge is 2.07. The van der Waals surface area contributed by atoms with Gasteiger partial charge < -0.3 is 11.1 Å². The number of nitrogens with two attached hydrogens (primary N) is 1. The van der Waals surface area contributed by atoms with Gasteiger partial charge in [0.2, 0.25) is 5.91 Å². The van der Waals surface area contributed by atoms with Gasteiger partial charge in [-0.15, -0.1) is 0 Å². The Labute approximate surface area is 77.5 Å². The smallest absolute Gasteiger partial charge is 0.321 e. The molecule has 6 heteroatoms. The van der Waals surface area contributed by atoms with Crippen LogP contribution in [0.1, 0.15) is 0 Å². The van der Waals surface area contributed by atoms with E-state index >= 15 is 0 Å². The van der Waals surface area contributed by atoms with Gasteiger partial charge in [0.25, 0.3) is 0 Å². The van der Waals surface area contributed by atoms with Crippen LogP contribution in [0, 0.1) is 0 Å². The van der Waals surface area contributed by atoms with Crippen LogP contribution in [0.4, 0.5) is 4.79 Å². The van der Waals surface area contributed by atoms with Crippen molar-refractivity contribution in [2.75, 3.05) is 33.7 Å². The van der Waals surface area contributed by atoms with Crippen molar-refractivity contribution >= 4 is 11.9 Å². The van der Waals surface area contributed by atoms with Crippen molar-refractivity contribution in [3.8, 4) is 0 Å². The van der Waals surface area contributed by atoms with Crippen molar-refractivity contribution in [2.24, 2.45) is 5.73 Å². The van der Waals surface area contributed by atoms with Crippen LogP contribution in [-0.4, -0.2) is 50.6 Å². The molecule has 0 bridgehead atoms. The summed E-state index contributed by atoms with van der Waals surface area (Å²) in [4.78, 5) is 23.5. The van der Waals surface area contributed by atoms with Crippen LogP contribution in [0.5, 0.6) is 0 Å². The van der Waals surface area contributed by atoms with Gasteiger partial charge in [-0.25, -0.2) is 4.79 Å². The van der Waals surface area contributed by atoms with Crippen molar-refractivity contribution in [1.29, 1.82) is 0 Å². The van der Waals surface area contributed by atoms with Gasteiger partial charge in [0, 0.05) is 20.1 Å². The van der Waals surface area contributed by atoms with Crippen LogP contribution in [-0.2, 0) is 4.79 Å². The Hall–Kier alpha value is -1.14. The number of hydrogen-bond acceptors (Lipinski definition) is 4. The third-order valence-electron chi connectivity index (χ3n) is 1.40. The van der Waals surface area contributed by atoms with E-state index in [1.54, 1.807) is 11.9 Å². The number of hydrogen-bond donors (Lipinski definition) is 3. The second kappa shape index (κ2) is 6.38. The lowest BCUT2D eigenvalue weighted by Gasteiger charge is -2.13. The van der Waals surface area contributed by atoms with Gasteiger partial charge >= 0.3 is 6.03 Å². The number of urea groups is 1. The summed E-state index contributed by atoms with van der Waals surface area (Å²) in [6.45, 7) is 1.29. The van der Waals surface area contributed by atoms with Gasteiger partial charge in [-0.1, -0.05) is 0 Å². The zero-order chi connectivity index (χ0) is 10.3. The van der Waals surface area contributed by atoms with Crippen LogP contribution in [0.15, 0.2) is 0 Å². The molecule has 4 N–H and O–H groups in total. The molecule has 0 aromatic heterocycles. The van der Waals surface area contributed by atoms with Crippen molar-refractivity contribution in [2.45, 2.75) is 0 Å². The number of nitrogens with one attached hydrogen (secondary N) is 2. The minimum absolute atomic E-state index is 0.171. The lowest BCUT2D eigenvalue weighted by molar-refractivity contribution is -0.120. The highest BCUT2D eigenvalue weighted by Crippen LogP contribution is 1.79. The molecule has 0 atom stereocenters. The summed E-state index contributed by atoms with van der Waals surface area (Å²) in [5, 5.41) is 4.43. The molecule has 0 aromatic rings. The normalized spacial score (nSPS) is 9.85. The summed E-state index contributed by atoms with van der Waals surface area (Å²) in [6.07, 6.45) is 0. The average molecular weight is 188 g/mol. The van der Waals surface area contributed by atoms with Crippen molar-refractivity contribution < 1.29 is 9.59 Å². The standard InChI is InChI=1S/C7H16N4O2/c1-9-7(13)10-6(12)5-11(2)4-3-8/h3-5,8H2,1-2H3,(H2,9,10,12,13). The van der Waals surface area contributed by atoms with Crippen molar-refractivity contribution in [3.63, 3.8) is 0 Å². The molecule has 0 rings (SSSR count).